The van der Waals surface area contributed by atoms with Gasteiger partial charge in [-0.2, -0.15) is 0 Å². The molecule has 0 aliphatic carbocycles. The molecule has 0 amide bonds. The standard InChI is InChI=1S/C20H17N3O3/c1-19(10-24-11-19)8-6-13-7-9-22-17-16(13)20(12-25-18(21)23-20)14-4-2-3-5-15(14)26-17/h2-5,7,9H,10-12H2,1H3,(H2,21,23). The number of amidine groups is 1. The molecule has 1 fully saturated rings. The summed E-state index contributed by atoms with van der Waals surface area (Å²) < 4.78 is 16.9. The van der Waals surface area contributed by atoms with E-state index in [0.29, 0.717) is 31.5 Å². The quantitative estimate of drug-likeness (QED) is 0.739. The van der Waals surface area contributed by atoms with Crippen LogP contribution in [0.5, 0.6) is 11.6 Å². The second kappa shape index (κ2) is 5.23. The number of ether oxygens (including phenoxy) is 3. The minimum atomic E-state index is -0.788. The smallest absolute Gasteiger partial charge is 0.283 e. The van der Waals surface area contributed by atoms with Gasteiger partial charge in [-0.25, -0.2) is 9.98 Å². The zero-order valence-electron chi connectivity index (χ0n) is 14.3. The normalized spacial score (nSPS) is 24.1. The Morgan fingerprint density at radius 3 is 2.73 bits per heavy atom. The summed E-state index contributed by atoms with van der Waals surface area (Å²) in [7, 11) is 0. The van der Waals surface area contributed by atoms with Crippen molar-refractivity contribution in [1.82, 2.24) is 4.98 Å². The molecule has 1 saturated heterocycles. The SMILES string of the molecule is CC1(C#Cc2ccnc3c2C2(COC(N)=N2)c2ccccc2O3)COC1. The molecule has 3 aliphatic rings. The van der Waals surface area contributed by atoms with Crippen molar-refractivity contribution in [3.05, 3.63) is 53.2 Å². The van der Waals surface area contributed by atoms with Crippen molar-refractivity contribution in [3.63, 3.8) is 0 Å². The van der Waals surface area contributed by atoms with E-state index >= 15 is 0 Å². The fourth-order valence-electron chi connectivity index (χ4n) is 3.56. The first-order valence-corrected chi connectivity index (χ1v) is 8.46. The van der Waals surface area contributed by atoms with E-state index in [-0.39, 0.29) is 11.4 Å². The lowest BCUT2D eigenvalue weighted by atomic mass is 9.80. The van der Waals surface area contributed by atoms with Gasteiger partial charge in [0, 0.05) is 17.3 Å². The van der Waals surface area contributed by atoms with E-state index in [1.807, 2.05) is 30.3 Å². The Balaban J connectivity index is 1.73. The molecule has 0 radical (unpaired) electrons. The third-order valence-electron chi connectivity index (χ3n) is 4.94. The molecule has 4 heterocycles. The van der Waals surface area contributed by atoms with Crippen LogP contribution in [-0.4, -0.2) is 30.8 Å². The number of rotatable bonds is 0. The highest BCUT2D eigenvalue weighted by molar-refractivity contribution is 5.77. The number of para-hydroxylation sites is 1. The lowest BCUT2D eigenvalue weighted by Gasteiger charge is -2.34. The molecular weight excluding hydrogens is 330 g/mol. The Labute approximate surface area is 151 Å². The zero-order chi connectivity index (χ0) is 17.8. The molecule has 1 atom stereocenters. The lowest BCUT2D eigenvalue weighted by molar-refractivity contribution is -0.0648. The molecule has 3 aliphatic heterocycles. The number of nitrogens with zero attached hydrogens (tertiary/aromatic N) is 2. The van der Waals surface area contributed by atoms with Gasteiger partial charge in [-0.15, -0.1) is 0 Å². The molecule has 26 heavy (non-hydrogen) atoms. The largest absolute Gasteiger partial charge is 0.462 e. The van der Waals surface area contributed by atoms with Crippen LogP contribution >= 0.6 is 0 Å². The topological polar surface area (TPSA) is 79.0 Å². The molecular formula is C20H17N3O3. The second-order valence-corrected chi connectivity index (χ2v) is 7.04. The highest BCUT2D eigenvalue weighted by atomic mass is 16.5. The van der Waals surface area contributed by atoms with Crippen molar-refractivity contribution in [2.75, 3.05) is 19.8 Å². The van der Waals surface area contributed by atoms with Crippen molar-refractivity contribution in [3.8, 4) is 23.5 Å². The molecule has 6 nitrogen and oxygen atoms in total. The Bertz CT molecular complexity index is 1000. The molecule has 6 heteroatoms. The summed E-state index contributed by atoms with van der Waals surface area (Å²) >= 11 is 0. The van der Waals surface area contributed by atoms with E-state index in [1.165, 1.54) is 0 Å². The molecule has 2 aromatic rings. The van der Waals surface area contributed by atoms with Gasteiger partial charge >= 0.3 is 0 Å². The molecule has 130 valence electrons. The van der Waals surface area contributed by atoms with Crippen molar-refractivity contribution < 1.29 is 14.2 Å². The second-order valence-electron chi connectivity index (χ2n) is 7.04. The van der Waals surface area contributed by atoms with Crippen LogP contribution < -0.4 is 10.5 Å². The summed E-state index contributed by atoms with van der Waals surface area (Å²) in [6.07, 6.45) is 1.70. The van der Waals surface area contributed by atoms with Gasteiger partial charge in [-0.05, 0) is 19.1 Å². The summed E-state index contributed by atoms with van der Waals surface area (Å²) in [6, 6.07) is 9.80. The van der Waals surface area contributed by atoms with Crippen LogP contribution in [0.4, 0.5) is 0 Å². The van der Waals surface area contributed by atoms with E-state index in [2.05, 4.69) is 28.7 Å². The van der Waals surface area contributed by atoms with Gasteiger partial charge in [0.15, 0.2) is 5.54 Å². The van der Waals surface area contributed by atoms with Crippen LogP contribution in [-0.2, 0) is 15.0 Å². The van der Waals surface area contributed by atoms with Gasteiger partial charge in [0.1, 0.15) is 12.4 Å². The van der Waals surface area contributed by atoms with Gasteiger partial charge in [0.05, 0.1) is 24.2 Å². The number of benzene rings is 1. The summed E-state index contributed by atoms with van der Waals surface area (Å²) in [5, 5.41) is 0. The summed E-state index contributed by atoms with van der Waals surface area (Å²) in [4.78, 5) is 9.08. The number of aromatic nitrogens is 1. The van der Waals surface area contributed by atoms with Crippen LogP contribution in [0.3, 0.4) is 0 Å². The summed E-state index contributed by atoms with van der Waals surface area (Å²) in [6.45, 7) is 3.68. The van der Waals surface area contributed by atoms with Gasteiger partial charge < -0.3 is 19.9 Å². The lowest BCUT2D eigenvalue weighted by Crippen LogP contribution is -2.38. The monoisotopic (exact) mass is 347 g/mol. The van der Waals surface area contributed by atoms with Crippen molar-refractivity contribution >= 4 is 6.02 Å². The predicted octanol–water partition coefficient (Wildman–Crippen LogP) is 2.16. The van der Waals surface area contributed by atoms with E-state index in [9.17, 15) is 0 Å². The Morgan fingerprint density at radius 2 is 2.00 bits per heavy atom. The average molecular weight is 347 g/mol. The number of aliphatic imine (C=N–C) groups is 1. The fourth-order valence-corrected chi connectivity index (χ4v) is 3.56. The van der Waals surface area contributed by atoms with E-state index in [0.717, 1.165) is 16.7 Å². The zero-order valence-corrected chi connectivity index (χ0v) is 14.3. The molecule has 5 rings (SSSR count). The highest BCUT2D eigenvalue weighted by Crippen LogP contribution is 2.50. The minimum absolute atomic E-state index is 0.120. The van der Waals surface area contributed by atoms with E-state index in [1.54, 1.807) is 6.20 Å². The van der Waals surface area contributed by atoms with Crippen LogP contribution in [0.15, 0.2) is 41.5 Å². The van der Waals surface area contributed by atoms with Gasteiger partial charge in [-0.3, -0.25) is 0 Å². The van der Waals surface area contributed by atoms with Crippen molar-refractivity contribution in [1.29, 1.82) is 0 Å². The van der Waals surface area contributed by atoms with Gasteiger partial charge in [0.25, 0.3) is 6.02 Å². The molecule has 1 aromatic carbocycles. The maximum absolute atomic E-state index is 6.04. The fraction of sp³-hybridized carbons (Fsp3) is 0.300. The third kappa shape index (κ3) is 2.11. The number of hydrogen-bond acceptors (Lipinski definition) is 6. The maximum Gasteiger partial charge on any atom is 0.283 e. The van der Waals surface area contributed by atoms with Crippen molar-refractivity contribution in [2.45, 2.75) is 12.5 Å². The van der Waals surface area contributed by atoms with Crippen LogP contribution in [0.2, 0.25) is 0 Å². The number of pyridine rings is 1. The molecule has 1 unspecified atom stereocenters. The predicted molar refractivity (Wildman–Crippen MR) is 94.9 cm³/mol. The van der Waals surface area contributed by atoms with E-state index in [4.69, 9.17) is 19.9 Å². The van der Waals surface area contributed by atoms with E-state index < -0.39 is 5.54 Å². The first-order valence-electron chi connectivity index (χ1n) is 8.46. The first kappa shape index (κ1) is 15.2. The Hall–Kier alpha value is -3.04. The maximum atomic E-state index is 6.04. The minimum Gasteiger partial charge on any atom is -0.462 e. The van der Waals surface area contributed by atoms with Crippen LogP contribution in [0, 0.1) is 17.3 Å². The Morgan fingerprint density at radius 1 is 1.15 bits per heavy atom. The number of fused-ring (bicyclic) bond motifs is 4. The molecule has 0 bridgehead atoms. The summed E-state index contributed by atoms with van der Waals surface area (Å²) in [5.74, 6) is 7.82. The number of nitrogens with two attached hydrogens (primary N) is 1. The third-order valence-corrected chi connectivity index (χ3v) is 4.94. The molecule has 1 spiro atoms. The number of hydrogen-bond donors (Lipinski definition) is 1. The van der Waals surface area contributed by atoms with Gasteiger partial charge in [0.2, 0.25) is 5.88 Å². The average Bonchev–Trinajstić information content (AvgIpc) is 3.00. The Kier molecular flexibility index (Phi) is 3.06. The molecule has 0 saturated carbocycles. The highest BCUT2D eigenvalue weighted by Gasteiger charge is 2.48. The van der Waals surface area contributed by atoms with Crippen molar-refractivity contribution in [2.24, 2.45) is 16.1 Å². The summed E-state index contributed by atoms with van der Waals surface area (Å²) in [5.41, 5.74) is 7.51. The first-order chi connectivity index (χ1) is 12.6. The molecule has 2 N–H and O–H groups in total. The molecule has 1 aromatic heterocycles. The van der Waals surface area contributed by atoms with Crippen LogP contribution in [0.1, 0.15) is 23.6 Å². The van der Waals surface area contributed by atoms with Gasteiger partial charge in [-0.1, -0.05) is 30.0 Å². The van der Waals surface area contributed by atoms with Crippen LogP contribution in [0.25, 0.3) is 0 Å².